The summed E-state index contributed by atoms with van der Waals surface area (Å²) in [6, 6.07) is 5.23. The Hall–Kier alpha value is -1.53. The summed E-state index contributed by atoms with van der Waals surface area (Å²) in [5.41, 5.74) is 1.56. The van der Waals surface area contributed by atoms with Gasteiger partial charge in [-0.15, -0.1) is 0 Å². The molecular formula is C16H16ClF3N2O. The third kappa shape index (κ3) is 3.10. The van der Waals surface area contributed by atoms with Crippen LogP contribution in [0.4, 0.5) is 13.2 Å². The average molecular weight is 345 g/mol. The van der Waals surface area contributed by atoms with E-state index < -0.39 is 17.4 Å². The van der Waals surface area contributed by atoms with Crippen molar-refractivity contribution in [1.82, 2.24) is 4.90 Å². The van der Waals surface area contributed by atoms with Crippen molar-refractivity contribution in [2.24, 2.45) is 4.99 Å². The van der Waals surface area contributed by atoms with Crippen LogP contribution in [-0.4, -0.2) is 36.5 Å². The molecule has 0 spiro atoms. The first-order valence-corrected chi connectivity index (χ1v) is 7.77. The quantitative estimate of drug-likeness (QED) is 0.598. The molecule has 1 aromatic carbocycles. The molecule has 3 nitrogen and oxygen atoms in total. The van der Waals surface area contributed by atoms with Gasteiger partial charge >= 0.3 is 6.18 Å². The number of alkyl halides is 4. The van der Waals surface area contributed by atoms with Crippen molar-refractivity contribution in [2.75, 3.05) is 19.8 Å². The molecule has 7 heteroatoms. The predicted molar refractivity (Wildman–Crippen MR) is 82.5 cm³/mol. The standard InChI is InChI=1S/C16H16ClF3N2O/c1-2-22-14-11(7-21-15(22)17)8-23-9-13(14)10-3-5-12(6-4-10)16(18,19)20/h3-7,13,15H,2,8-9H2,1H3. The van der Waals surface area contributed by atoms with Gasteiger partial charge in [0.25, 0.3) is 0 Å². The number of rotatable bonds is 2. The molecule has 0 radical (unpaired) electrons. The van der Waals surface area contributed by atoms with Gasteiger partial charge in [0.05, 0.1) is 18.8 Å². The largest absolute Gasteiger partial charge is 0.416 e. The lowest BCUT2D eigenvalue weighted by Gasteiger charge is -2.39. The van der Waals surface area contributed by atoms with Gasteiger partial charge < -0.3 is 9.64 Å². The van der Waals surface area contributed by atoms with Gasteiger partial charge in [0.15, 0.2) is 5.62 Å². The molecule has 0 aliphatic carbocycles. The summed E-state index contributed by atoms with van der Waals surface area (Å²) in [5.74, 6) is -0.144. The molecule has 2 aliphatic heterocycles. The summed E-state index contributed by atoms with van der Waals surface area (Å²) in [6.07, 6.45) is -2.63. The van der Waals surface area contributed by atoms with Gasteiger partial charge in [-0.05, 0) is 24.6 Å². The number of likely N-dealkylation sites (N-methyl/N-ethyl adjacent to an activating group) is 1. The molecule has 23 heavy (non-hydrogen) atoms. The van der Waals surface area contributed by atoms with E-state index in [1.165, 1.54) is 12.1 Å². The topological polar surface area (TPSA) is 24.8 Å². The molecule has 0 aromatic heterocycles. The van der Waals surface area contributed by atoms with Crippen molar-refractivity contribution >= 4 is 17.8 Å². The Morgan fingerprint density at radius 2 is 2.00 bits per heavy atom. The lowest BCUT2D eigenvalue weighted by atomic mass is 9.90. The zero-order valence-corrected chi connectivity index (χ0v) is 13.2. The number of halogens is 4. The lowest BCUT2D eigenvalue weighted by molar-refractivity contribution is -0.137. The predicted octanol–water partition coefficient (Wildman–Crippen LogP) is 4.00. The van der Waals surface area contributed by atoms with Crippen LogP contribution in [0.5, 0.6) is 0 Å². The summed E-state index contributed by atoms with van der Waals surface area (Å²) < 4.78 is 43.8. The zero-order chi connectivity index (χ0) is 16.6. The SMILES string of the molecule is CCN1C2=C(C=NC1Cl)COCC2c1ccc(C(F)(F)F)cc1. The Kier molecular flexibility index (Phi) is 4.38. The molecule has 2 heterocycles. The molecule has 1 aromatic rings. The van der Waals surface area contributed by atoms with Crippen LogP contribution < -0.4 is 0 Å². The third-order valence-electron chi connectivity index (χ3n) is 4.10. The van der Waals surface area contributed by atoms with Gasteiger partial charge in [0.1, 0.15) is 0 Å². The van der Waals surface area contributed by atoms with Crippen LogP contribution >= 0.6 is 11.6 Å². The van der Waals surface area contributed by atoms with E-state index >= 15 is 0 Å². The Bertz CT molecular complexity index is 640. The van der Waals surface area contributed by atoms with Gasteiger partial charge in [0.2, 0.25) is 0 Å². The maximum atomic E-state index is 12.7. The fraction of sp³-hybridized carbons (Fsp3) is 0.438. The van der Waals surface area contributed by atoms with Crippen LogP contribution in [0, 0.1) is 0 Å². The van der Waals surface area contributed by atoms with Crippen molar-refractivity contribution < 1.29 is 17.9 Å². The smallest absolute Gasteiger partial charge is 0.376 e. The molecule has 2 aliphatic rings. The highest BCUT2D eigenvalue weighted by atomic mass is 35.5. The monoisotopic (exact) mass is 344 g/mol. The first-order chi connectivity index (χ1) is 10.9. The maximum absolute atomic E-state index is 12.7. The van der Waals surface area contributed by atoms with Gasteiger partial charge in [-0.3, -0.25) is 4.99 Å². The average Bonchev–Trinajstić information content (AvgIpc) is 2.53. The van der Waals surface area contributed by atoms with Crippen LogP contribution in [0.15, 0.2) is 40.5 Å². The number of benzene rings is 1. The maximum Gasteiger partial charge on any atom is 0.416 e. The van der Waals surface area contributed by atoms with Gasteiger partial charge in [-0.1, -0.05) is 23.7 Å². The molecule has 124 valence electrons. The molecule has 0 bridgehead atoms. The van der Waals surface area contributed by atoms with Gasteiger partial charge in [-0.25, -0.2) is 0 Å². The zero-order valence-electron chi connectivity index (χ0n) is 12.5. The van der Waals surface area contributed by atoms with Crippen LogP contribution in [0.25, 0.3) is 0 Å². The molecule has 2 unspecified atom stereocenters. The van der Waals surface area contributed by atoms with Crippen LogP contribution in [0.2, 0.25) is 0 Å². The Balaban J connectivity index is 1.97. The van der Waals surface area contributed by atoms with E-state index in [1.54, 1.807) is 6.21 Å². The molecule has 0 N–H and O–H groups in total. The van der Waals surface area contributed by atoms with Crippen LogP contribution in [-0.2, 0) is 10.9 Å². The van der Waals surface area contributed by atoms with Crippen LogP contribution in [0.3, 0.4) is 0 Å². The molecule has 3 rings (SSSR count). The molecule has 0 saturated heterocycles. The Labute approximate surface area is 137 Å². The number of ether oxygens (including phenoxy) is 1. The number of aliphatic imine (C=N–C) groups is 1. The number of nitrogens with zero attached hydrogens (tertiary/aromatic N) is 2. The van der Waals surface area contributed by atoms with Crippen molar-refractivity contribution in [3.05, 3.63) is 46.7 Å². The second kappa shape index (κ2) is 6.17. The van der Waals surface area contributed by atoms with Gasteiger partial charge in [-0.2, -0.15) is 13.2 Å². The van der Waals surface area contributed by atoms with Crippen molar-refractivity contribution in [2.45, 2.75) is 24.6 Å². The lowest BCUT2D eigenvalue weighted by Crippen LogP contribution is -2.40. The minimum Gasteiger partial charge on any atom is -0.376 e. The molecular weight excluding hydrogens is 329 g/mol. The molecule has 0 saturated carbocycles. The van der Waals surface area contributed by atoms with E-state index in [9.17, 15) is 13.2 Å². The van der Waals surface area contributed by atoms with E-state index in [0.29, 0.717) is 19.8 Å². The van der Waals surface area contributed by atoms with Crippen molar-refractivity contribution in [1.29, 1.82) is 0 Å². The summed E-state index contributed by atoms with van der Waals surface area (Å²) in [7, 11) is 0. The third-order valence-corrected chi connectivity index (χ3v) is 4.45. The van der Waals surface area contributed by atoms with E-state index in [2.05, 4.69) is 4.99 Å². The first kappa shape index (κ1) is 16.3. The van der Waals surface area contributed by atoms with Crippen LogP contribution in [0.1, 0.15) is 24.0 Å². The van der Waals surface area contributed by atoms with Crippen molar-refractivity contribution in [3.63, 3.8) is 0 Å². The fourth-order valence-corrected chi connectivity index (χ4v) is 3.28. The normalized spacial score (nSPS) is 24.8. The summed E-state index contributed by atoms with van der Waals surface area (Å²) in [6.45, 7) is 3.50. The Morgan fingerprint density at radius 3 is 2.61 bits per heavy atom. The summed E-state index contributed by atoms with van der Waals surface area (Å²) in [5, 5.41) is 0. The highest BCUT2D eigenvalue weighted by Gasteiger charge is 2.34. The second-order valence-corrected chi connectivity index (χ2v) is 5.86. The number of hydrogen-bond acceptors (Lipinski definition) is 3. The summed E-state index contributed by atoms with van der Waals surface area (Å²) >= 11 is 6.24. The highest BCUT2D eigenvalue weighted by molar-refractivity contribution is 6.21. The molecule has 0 fully saturated rings. The fourth-order valence-electron chi connectivity index (χ4n) is 2.98. The minimum atomic E-state index is -4.33. The Morgan fingerprint density at radius 1 is 1.30 bits per heavy atom. The van der Waals surface area contributed by atoms with Crippen molar-refractivity contribution in [3.8, 4) is 0 Å². The van der Waals surface area contributed by atoms with E-state index in [0.717, 1.165) is 29.0 Å². The van der Waals surface area contributed by atoms with E-state index in [4.69, 9.17) is 16.3 Å². The van der Waals surface area contributed by atoms with E-state index in [1.807, 2.05) is 11.8 Å². The minimum absolute atomic E-state index is 0.144. The van der Waals surface area contributed by atoms with E-state index in [-0.39, 0.29) is 5.92 Å². The summed E-state index contributed by atoms with van der Waals surface area (Å²) in [4.78, 5) is 6.18. The second-order valence-electron chi connectivity index (χ2n) is 5.47. The molecule has 2 atom stereocenters. The molecule has 0 amide bonds. The number of hydrogen-bond donors (Lipinski definition) is 0. The highest BCUT2D eigenvalue weighted by Crippen LogP contribution is 2.38. The first-order valence-electron chi connectivity index (χ1n) is 7.33. The van der Waals surface area contributed by atoms with Gasteiger partial charge in [0, 0.05) is 29.9 Å².